The minimum absolute atomic E-state index is 0.129. The van der Waals surface area contributed by atoms with Crippen LogP contribution < -0.4 is 4.90 Å². The molecule has 64 heavy (non-hydrogen) atoms. The highest BCUT2D eigenvalue weighted by Crippen LogP contribution is 2.70. The van der Waals surface area contributed by atoms with E-state index in [1.54, 1.807) is 11.1 Å². The lowest BCUT2D eigenvalue weighted by atomic mass is 9.43. The van der Waals surface area contributed by atoms with Crippen LogP contribution in [0.4, 0.5) is 17.1 Å². The Morgan fingerprint density at radius 1 is 0.438 bits per heavy atom. The fraction of sp³-hybridized carbons (Fsp3) is 0.213. The van der Waals surface area contributed by atoms with Crippen LogP contribution in [0, 0.1) is 23.7 Å². The summed E-state index contributed by atoms with van der Waals surface area (Å²) >= 11 is 0. The molecule has 2 heterocycles. The van der Waals surface area contributed by atoms with Crippen molar-refractivity contribution in [1.29, 1.82) is 0 Å². The summed E-state index contributed by atoms with van der Waals surface area (Å²) in [5.41, 5.74) is 21.7. The fourth-order valence-corrected chi connectivity index (χ4v) is 14.3. The number of nitrogens with zero attached hydrogens (tertiary/aromatic N) is 3. The minimum Gasteiger partial charge on any atom is -0.309 e. The SMILES string of the molecule is CC1(C)c2ccccc2-c2ccc(N(c3cccc(-c4cccc(-c5cccc6c5-c5ccccc5C65C6CC7CC(C6)CC5C7)c4)c3)c3cnc4c(ccc5cccnc54)c3)cc21. The normalized spacial score (nSPS) is 22.7. The molecule has 6 aliphatic carbocycles. The molecule has 4 fully saturated rings. The molecule has 7 aromatic carbocycles. The lowest BCUT2D eigenvalue weighted by Crippen LogP contribution is -2.55. The summed E-state index contributed by atoms with van der Waals surface area (Å²) in [5, 5.41) is 2.17. The molecule has 0 saturated heterocycles. The molecule has 3 nitrogen and oxygen atoms in total. The second-order valence-corrected chi connectivity index (χ2v) is 20.2. The quantitative estimate of drug-likeness (QED) is 0.162. The average Bonchev–Trinajstić information content (AvgIpc) is 3.76. The Morgan fingerprint density at radius 2 is 1.08 bits per heavy atom. The van der Waals surface area contributed by atoms with Gasteiger partial charge in [-0.25, -0.2) is 0 Å². The summed E-state index contributed by atoms with van der Waals surface area (Å²) < 4.78 is 0. The van der Waals surface area contributed by atoms with Gasteiger partial charge in [-0.2, -0.15) is 0 Å². The molecule has 3 heteroatoms. The Kier molecular flexibility index (Phi) is 7.64. The maximum Gasteiger partial charge on any atom is 0.0966 e. The largest absolute Gasteiger partial charge is 0.309 e. The Balaban J connectivity index is 0.901. The van der Waals surface area contributed by atoms with E-state index in [0.717, 1.165) is 62.5 Å². The van der Waals surface area contributed by atoms with E-state index in [2.05, 4.69) is 176 Å². The maximum absolute atomic E-state index is 5.14. The zero-order valence-electron chi connectivity index (χ0n) is 36.4. The summed E-state index contributed by atoms with van der Waals surface area (Å²) in [4.78, 5) is 12.3. The van der Waals surface area contributed by atoms with Crippen molar-refractivity contribution in [3.8, 4) is 44.5 Å². The molecule has 9 aromatic rings. The first-order valence-corrected chi connectivity index (χ1v) is 23.6. The topological polar surface area (TPSA) is 29.0 Å². The van der Waals surface area contributed by atoms with Crippen LogP contribution in [0.1, 0.15) is 68.2 Å². The number of fused-ring (bicyclic) bond motifs is 9. The van der Waals surface area contributed by atoms with Gasteiger partial charge in [-0.05, 0) is 165 Å². The fourth-order valence-electron chi connectivity index (χ4n) is 14.3. The van der Waals surface area contributed by atoms with Crippen LogP contribution in [0.25, 0.3) is 66.3 Å². The predicted molar refractivity (Wildman–Crippen MR) is 263 cm³/mol. The predicted octanol–water partition coefficient (Wildman–Crippen LogP) is 15.6. The molecule has 1 spiro atoms. The Labute approximate surface area is 375 Å². The van der Waals surface area contributed by atoms with Gasteiger partial charge in [0.2, 0.25) is 0 Å². The van der Waals surface area contributed by atoms with Crippen molar-refractivity contribution in [1.82, 2.24) is 9.97 Å². The highest BCUT2D eigenvalue weighted by Gasteiger charge is 2.61. The van der Waals surface area contributed by atoms with Gasteiger partial charge in [-0.3, -0.25) is 9.97 Å². The van der Waals surface area contributed by atoms with Gasteiger partial charge in [0.05, 0.1) is 22.9 Å². The monoisotopic (exact) mass is 823 g/mol. The summed E-state index contributed by atoms with van der Waals surface area (Å²) in [6, 6.07) is 61.9. The van der Waals surface area contributed by atoms with Crippen molar-refractivity contribution in [3.05, 3.63) is 198 Å². The van der Waals surface area contributed by atoms with Gasteiger partial charge >= 0.3 is 0 Å². The first-order chi connectivity index (χ1) is 31.4. The lowest BCUT2D eigenvalue weighted by molar-refractivity contribution is -0.0399. The summed E-state index contributed by atoms with van der Waals surface area (Å²) in [6.45, 7) is 4.72. The number of benzene rings is 7. The van der Waals surface area contributed by atoms with Crippen LogP contribution in [0.3, 0.4) is 0 Å². The molecule has 308 valence electrons. The summed E-state index contributed by atoms with van der Waals surface area (Å²) in [7, 11) is 0. The van der Waals surface area contributed by atoms with E-state index in [-0.39, 0.29) is 10.8 Å². The van der Waals surface area contributed by atoms with E-state index < -0.39 is 0 Å². The molecule has 4 saturated carbocycles. The maximum atomic E-state index is 5.14. The third kappa shape index (κ3) is 5.04. The van der Waals surface area contributed by atoms with Gasteiger partial charge in [-0.1, -0.05) is 135 Å². The summed E-state index contributed by atoms with van der Waals surface area (Å²) in [6.07, 6.45) is 10.9. The molecular weight excluding hydrogens is 775 g/mol. The molecule has 0 unspecified atom stereocenters. The van der Waals surface area contributed by atoms with Crippen molar-refractivity contribution in [3.63, 3.8) is 0 Å². The number of rotatable bonds is 5. The van der Waals surface area contributed by atoms with Gasteiger partial charge in [0.25, 0.3) is 0 Å². The Morgan fingerprint density at radius 3 is 1.92 bits per heavy atom. The third-order valence-electron chi connectivity index (χ3n) is 16.7. The van der Waals surface area contributed by atoms with Crippen molar-refractivity contribution < 1.29 is 0 Å². The van der Waals surface area contributed by atoms with Crippen molar-refractivity contribution in [2.24, 2.45) is 23.7 Å². The molecule has 2 aromatic heterocycles. The first-order valence-electron chi connectivity index (χ1n) is 23.6. The molecule has 0 radical (unpaired) electrons. The highest BCUT2D eigenvalue weighted by molar-refractivity contribution is 6.04. The van der Waals surface area contributed by atoms with Gasteiger partial charge in [0.15, 0.2) is 0 Å². The third-order valence-corrected chi connectivity index (χ3v) is 16.7. The van der Waals surface area contributed by atoms with Gasteiger partial charge in [0.1, 0.15) is 0 Å². The second-order valence-electron chi connectivity index (χ2n) is 20.2. The van der Waals surface area contributed by atoms with Crippen molar-refractivity contribution >= 4 is 38.9 Å². The van der Waals surface area contributed by atoms with Gasteiger partial charge in [0, 0.05) is 39.2 Å². The molecule has 4 bridgehead atoms. The number of hydrogen-bond acceptors (Lipinski definition) is 3. The highest BCUT2D eigenvalue weighted by atomic mass is 15.1. The van der Waals surface area contributed by atoms with Crippen LogP contribution in [-0.4, -0.2) is 9.97 Å². The number of aromatic nitrogens is 2. The number of hydrogen-bond donors (Lipinski definition) is 0. The van der Waals surface area contributed by atoms with E-state index >= 15 is 0 Å². The zero-order chi connectivity index (χ0) is 42.3. The molecule has 0 amide bonds. The van der Waals surface area contributed by atoms with Gasteiger partial charge in [-0.15, -0.1) is 0 Å². The molecular formula is C61H49N3. The minimum atomic E-state index is -0.129. The standard InChI is InChI=1S/C61H49N3/c1-60(2)53-19-5-3-16-50(53)51-25-24-47(35-56(51)60)64(48-34-43-23-22-39-14-10-26-62-58(39)59(43)63-36-48)46-15-8-12-41(33-46)40-11-7-13-42(32-40)49-18-9-21-55-57(49)52-17-4-6-20-54(52)61(55)44-28-37-27-38(30-44)31-45(61)29-37/h3-26,32-38,44-45H,27-31H2,1-2H3. The van der Waals surface area contributed by atoms with Crippen molar-refractivity contribution in [2.45, 2.75) is 56.8 Å². The van der Waals surface area contributed by atoms with E-state index in [9.17, 15) is 0 Å². The molecule has 15 rings (SSSR count). The van der Waals surface area contributed by atoms with E-state index in [0.29, 0.717) is 0 Å². The molecule has 0 aliphatic heterocycles. The average molecular weight is 824 g/mol. The smallest absolute Gasteiger partial charge is 0.0966 e. The first kappa shape index (κ1) is 36.6. The molecule has 6 aliphatic rings. The van der Waals surface area contributed by atoms with Crippen LogP contribution >= 0.6 is 0 Å². The van der Waals surface area contributed by atoms with Crippen LogP contribution in [0.5, 0.6) is 0 Å². The van der Waals surface area contributed by atoms with Crippen LogP contribution in [0.2, 0.25) is 0 Å². The van der Waals surface area contributed by atoms with E-state index in [1.807, 2.05) is 18.5 Å². The van der Waals surface area contributed by atoms with E-state index in [4.69, 9.17) is 9.97 Å². The molecule has 0 atom stereocenters. The molecule has 0 N–H and O–H groups in total. The second kappa shape index (κ2) is 13.3. The summed E-state index contributed by atoms with van der Waals surface area (Å²) in [5.74, 6) is 3.36. The number of anilines is 3. The van der Waals surface area contributed by atoms with Crippen LogP contribution in [-0.2, 0) is 10.8 Å². The lowest BCUT2D eigenvalue weighted by Gasteiger charge is -2.61. The van der Waals surface area contributed by atoms with E-state index in [1.165, 1.54) is 87.7 Å². The van der Waals surface area contributed by atoms with Gasteiger partial charge < -0.3 is 4.90 Å². The van der Waals surface area contributed by atoms with Crippen molar-refractivity contribution in [2.75, 3.05) is 4.90 Å². The Hall–Kier alpha value is -6.84. The Bertz CT molecular complexity index is 3380. The number of pyridine rings is 2. The zero-order valence-corrected chi connectivity index (χ0v) is 36.4. The van der Waals surface area contributed by atoms with Crippen LogP contribution in [0.15, 0.2) is 176 Å².